The molecule has 0 bridgehead atoms. The van der Waals surface area contributed by atoms with E-state index in [1.807, 2.05) is 19.1 Å². The van der Waals surface area contributed by atoms with Gasteiger partial charge in [-0.1, -0.05) is 35.5 Å². The number of oxime groups is 1. The van der Waals surface area contributed by atoms with Gasteiger partial charge in [-0.05, 0) is 36.2 Å². The van der Waals surface area contributed by atoms with Gasteiger partial charge < -0.3 is 14.9 Å². The Kier molecular flexibility index (Phi) is 5.80. The molecule has 1 aliphatic rings. The van der Waals surface area contributed by atoms with Gasteiger partial charge in [0, 0.05) is 18.6 Å². The number of hydrogen-bond acceptors (Lipinski definition) is 6. The number of amides is 1. The number of aryl methyl sites for hydroxylation is 1. The fourth-order valence-electron chi connectivity index (χ4n) is 3.17. The SMILES string of the molecule is Cc1ccccc1Oc1cc(NC(=O)C2CC(c3ccc(F)cc3)=NO2)cc([N+](=O)[O-])c1. The van der Waals surface area contributed by atoms with Crippen LogP contribution >= 0.6 is 0 Å². The summed E-state index contributed by atoms with van der Waals surface area (Å²) in [4.78, 5) is 28.7. The number of nitro groups is 1. The second-order valence-electron chi connectivity index (χ2n) is 7.17. The van der Waals surface area contributed by atoms with Crippen LogP contribution in [0, 0.1) is 22.9 Å². The molecule has 1 aliphatic heterocycles. The molecule has 0 saturated heterocycles. The van der Waals surface area contributed by atoms with E-state index in [4.69, 9.17) is 9.57 Å². The minimum atomic E-state index is -0.921. The van der Waals surface area contributed by atoms with Crippen molar-refractivity contribution in [2.24, 2.45) is 5.16 Å². The number of rotatable bonds is 6. The number of nitro benzene ring substituents is 1. The number of hydrogen-bond donors (Lipinski definition) is 1. The number of carbonyl (C=O) groups is 1. The van der Waals surface area contributed by atoms with Crippen molar-refractivity contribution in [3.05, 3.63) is 93.8 Å². The number of non-ortho nitro benzene ring substituents is 1. The lowest BCUT2D eigenvalue weighted by Gasteiger charge is -2.12. The fourth-order valence-corrected chi connectivity index (χ4v) is 3.17. The van der Waals surface area contributed by atoms with Crippen molar-refractivity contribution in [3.8, 4) is 11.5 Å². The van der Waals surface area contributed by atoms with Gasteiger partial charge in [0.25, 0.3) is 11.6 Å². The van der Waals surface area contributed by atoms with E-state index < -0.39 is 16.9 Å². The number of anilines is 1. The van der Waals surface area contributed by atoms with Crippen LogP contribution in [0.25, 0.3) is 0 Å². The van der Waals surface area contributed by atoms with Crippen LogP contribution in [0.1, 0.15) is 17.5 Å². The maximum atomic E-state index is 13.1. The van der Waals surface area contributed by atoms with Gasteiger partial charge in [-0.15, -0.1) is 0 Å². The van der Waals surface area contributed by atoms with Gasteiger partial charge in [0.2, 0.25) is 6.10 Å². The molecule has 1 unspecified atom stereocenters. The van der Waals surface area contributed by atoms with E-state index in [9.17, 15) is 19.3 Å². The Morgan fingerprint density at radius 3 is 2.66 bits per heavy atom. The van der Waals surface area contributed by atoms with Gasteiger partial charge in [-0.3, -0.25) is 14.9 Å². The monoisotopic (exact) mass is 435 g/mol. The van der Waals surface area contributed by atoms with E-state index in [1.54, 1.807) is 24.3 Å². The number of benzene rings is 3. The minimum absolute atomic E-state index is 0.180. The van der Waals surface area contributed by atoms with E-state index in [-0.39, 0.29) is 29.4 Å². The van der Waals surface area contributed by atoms with Crippen LogP contribution in [0.2, 0.25) is 0 Å². The molecule has 3 aromatic rings. The summed E-state index contributed by atoms with van der Waals surface area (Å²) in [6, 6.07) is 16.9. The molecular formula is C23H18FN3O5. The van der Waals surface area contributed by atoms with Crippen molar-refractivity contribution in [1.29, 1.82) is 0 Å². The highest BCUT2D eigenvalue weighted by Gasteiger charge is 2.29. The van der Waals surface area contributed by atoms with Crippen molar-refractivity contribution in [2.75, 3.05) is 5.32 Å². The zero-order chi connectivity index (χ0) is 22.7. The van der Waals surface area contributed by atoms with Crippen molar-refractivity contribution in [1.82, 2.24) is 0 Å². The molecule has 8 nitrogen and oxygen atoms in total. The summed E-state index contributed by atoms with van der Waals surface area (Å²) < 4.78 is 18.9. The average molecular weight is 435 g/mol. The zero-order valence-electron chi connectivity index (χ0n) is 16.9. The van der Waals surface area contributed by atoms with Crippen LogP contribution in [0.3, 0.4) is 0 Å². The molecule has 1 atom stereocenters. The van der Waals surface area contributed by atoms with Gasteiger partial charge in [-0.2, -0.15) is 0 Å². The first-order valence-corrected chi connectivity index (χ1v) is 9.71. The first-order valence-electron chi connectivity index (χ1n) is 9.71. The molecule has 1 N–H and O–H groups in total. The van der Waals surface area contributed by atoms with E-state index in [1.165, 1.54) is 30.3 Å². The molecule has 32 heavy (non-hydrogen) atoms. The van der Waals surface area contributed by atoms with Crippen molar-refractivity contribution >= 4 is 23.0 Å². The molecule has 4 rings (SSSR count). The molecule has 0 fully saturated rings. The van der Waals surface area contributed by atoms with Gasteiger partial charge in [-0.25, -0.2) is 4.39 Å². The lowest BCUT2D eigenvalue weighted by atomic mass is 10.0. The Morgan fingerprint density at radius 1 is 1.19 bits per heavy atom. The largest absolute Gasteiger partial charge is 0.457 e. The minimum Gasteiger partial charge on any atom is -0.457 e. The van der Waals surface area contributed by atoms with Crippen molar-refractivity contribution < 1.29 is 23.7 Å². The average Bonchev–Trinajstić information content (AvgIpc) is 3.26. The summed E-state index contributed by atoms with van der Waals surface area (Å²) >= 11 is 0. The van der Waals surface area contributed by atoms with Gasteiger partial charge in [0.1, 0.15) is 17.3 Å². The number of nitrogens with zero attached hydrogens (tertiary/aromatic N) is 2. The molecule has 9 heteroatoms. The van der Waals surface area contributed by atoms with Gasteiger partial charge >= 0.3 is 0 Å². The van der Waals surface area contributed by atoms with Crippen LogP contribution in [0.5, 0.6) is 11.5 Å². The smallest absolute Gasteiger partial charge is 0.275 e. The standard InChI is InChI=1S/C23H18FN3O5/c1-14-4-2-3-5-21(14)31-19-11-17(10-18(12-19)27(29)30)25-23(28)22-13-20(26-32-22)15-6-8-16(24)9-7-15/h2-12,22H,13H2,1H3,(H,25,28). The third-order valence-corrected chi connectivity index (χ3v) is 4.83. The highest BCUT2D eigenvalue weighted by molar-refractivity contribution is 6.06. The topological polar surface area (TPSA) is 103 Å². The maximum absolute atomic E-state index is 13.1. The molecule has 0 radical (unpaired) electrons. The third kappa shape index (κ3) is 4.72. The zero-order valence-corrected chi connectivity index (χ0v) is 16.9. The van der Waals surface area contributed by atoms with Crippen LogP contribution in [-0.2, 0) is 9.63 Å². The lowest BCUT2D eigenvalue weighted by Crippen LogP contribution is -2.28. The molecule has 0 aliphatic carbocycles. The summed E-state index contributed by atoms with van der Waals surface area (Å²) in [7, 11) is 0. The molecule has 162 valence electrons. The Labute approximate surface area is 182 Å². The Balaban J connectivity index is 1.49. The van der Waals surface area contributed by atoms with Crippen molar-refractivity contribution in [2.45, 2.75) is 19.4 Å². The molecule has 1 amide bonds. The highest BCUT2D eigenvalue weighted by Crippen LogP contribution is 2.31. The fraction of sp³-hybridized carbons (Fsp3) is 0.130. The summed E-state index contributed by atoms with van der Waals surface area (Å²) in [6.45, 7) is 1.85. The quantitative estimate of drug-likeness (QED) is 0.435. The summed E-state index contributed by atoms with van der Waals surface area (Å²) in [6.07, 6.45) is -0.742. The van der Waals surface area contributed by atoms with Crippen molar-refractivity contribution in [3.63, 3.8) is 0 Å². The van der Waals surface area contributed by atoms with E-state index in [0.29, 0.717) is 17.0 Å². The molecule has 3 aromatic carbocycles. The molecular weight excluding hydrogens is 417 g/mol. The maximum Gasteiger partial charge on any atom is 0.275 e. The van der Waals surface area contributed by atoms with E-state index in [2.05, 4.69) is 10.5 Å². The summed E-state index contributed by atoms with van der Waals surface area (Å²) in [5.74, 6) is -0.147. The predicted molar refractivity (Wildman–Crippen MR) is 115 cm³/mol. The van der Waals surface area contributed by atoms with Gasteiger partial charge in [0.15, 0.2) is 0 Å². The van der Waals surface area contributed by atoms with Crippen LogP contribution in [-0.4, -0.2) is 22.6 Å². The number of nitrogens with one attached hydrogen (secondary N) is 1. The van der Waals surface area contributed by atoms with Crippen LogP contribution in [0.15, 0.2) is 71.9 Å². The van der Waals surface area contributed by atoms with E-state index in [0.717, 1.165) is 5.56 Å². The second-order valence-corrected chi connectivity index (χ2v) is 7.17. The Morgan fingerprint density at radius 2 is 1.94 bits per heavy atom. The van der Waals surface area contributed by atoms with E-state index >= 15 is 0 Å². The molecule has 0 aromatic heterocycles. The molecule has 1 heterocycles. The second kappa shape index (κ2) is 8.84. The third-order valence-electron chi connectivity index (χ3n) is 4.83. The highest BCUT2D eigenvalue weighted by atomic mass is 19.1. The normalized spacial score (nSPS) is 14.9. The lowest BCUT2D eigenvalue weighted by molar-refractivity contribution is -0.384. The molecule has 0 saturated carbocycles. The first-order chi connectivity index (χ1) is 15.4. The van der Waals surface area contributed by atoms with Crippen LogP contribution < -0.4 is 10.1 Å². The Bertz CT molecular complexity index is 1210. The predicted octanol–water partition coefficient (Wildman–Crippen LogP) is 4.97. The summed E-state index contributed by atoms with van der Waals surface area (Å²) in [5.41, 5.74) is 1.96. The molecule has 0 spiro atoms. The first kappa shape index (κ1) is 21.0. The Hall–Kier alpha value is -4.27. The summed E-state index contributed by atoms with van der Waals surface area (Å²) in [5, 5.41) is 17.9. The number of carbonyl (C=O) groups excluding carboxylic acids is 1. The number of para-hydroxylation sites is 1. The van der Waals surface area contributed by atoms with Crippen LogP contribution in [0.4, 0.5) is 15.8 Å². The number of halogens is 1. The number of ether oxygens (including phenoxy) is 1. The van der Waals surface area contributed by atoms with Gasteiger partial charge in [0.05, 0.1) is 22.4 Å².